The summed E-state index contributed by atoms with van der Waals surface area (Å²) in [4.78, 5) is 27.4. The number of hydrogen-bond acceptors (Lipinski definition) is 3. The molecule has 1 aliphatic carbocycles. The summed E-state index contributed by atoms with van der Waals surface area (Å²) >= 11 is 12.1. The fraction of sp³-hybridized carbons (Fsp3) is 0.440. The molecule has 0 spiro atoms. The lowest BCUT2D eigenvalue weighted by atomic mass is 9.86. The van der Waals surface area contributed by atoms with Gasteiger partial charge < -0.3 is 10.8 Å². The second-order valence-electron chi connectivity index (χ2n) is 8.61. The molecule has 2 aromatic carbocycles. The summed E-state index contributed by atoms with van der Waals surface area (Å²) in [7, 11) is 0. The molecule has 6 nitrogen and oxygen atoms in total. The van der Waals surface area contributed by atoms with Gasteiger partial charge in [-0.15, -0.1) is 0 Å². The first-order chi connectivity index (χ1) is 15.8. The number of aliphatic carboxylic acids is 1. The van der Waals surface area contributed by atoms with Gasteiger partial charge in [0.25, 0.3) is 0 Å². The Morgan fingerprint density at radius 3 is 2.58 bits per heavy atom. The van der Waals surface area contributed by atoms with Crippen LogP contribution in [0.4, 0.5) is 10.5 Å². The molecule has 0 aromatic heterocycles. The Morgan fingerprint density at radius 2 is 1.88 bits per heavy atom. The van der Waals surface area contributed by atoms with Gasteiger partial charge in [-0.3, -0.25) is 14.6 Å². The van der Waals surface area contributed by atoms with Gasteiger partial charge in [0, 0.05) is 24.8 Å². The van der Waals surface area contributed by atoms with Gasteiger partial charge in [-0.2, -0.15) is 0 Å². The Labute approximate surface area is 205 Å². The maximum atomic E-state index is 12.1. The van der Waals surface area contributed by atoms with Gasteiger partial charge >= 0.3 is 12.0 Å². The summed E-state index contributed by atoms with van der Waals surface area (Å²) in [5.74, 6) is -1.19. The molecular weight excluding hydrogens is 461 g/mol. The van der Waals surface area contributed by atoms with Gasteiger partial charge in [-0.25, -0.2) is 4.79 Å². The summed E-state index contributed by atoms with van der Waals surface area (Å²) in [5, 5.41) is 10.1. The third-order valence-electron chi connectivity index (χ3n) is 6.36. The lowest BCUT2D eigenvalue weighted by molar-refractivity contribution is -0.141. The third kappa shape index (κ3) is 6.62. The number of benzene rings is 2. The zero-order valence-electron chi connectivity index (χ0n) is 18.8. The molecule has 0 aliphatic heterocycles. The zero-order chi connectivity index (χ0) is 24.0. The first-order valence-electron chi connectivity index (χ1n) is 11.3. The second kappa shape index (κ2) is 11.7. The third-order valence-corrected chi connectivity index (χ3v) is 7.10. The van der Waals surface area contributed by atoms with Crippen LogP contribution in [0.5, 0.6) is 0 Å². The average molecular weight is 492 g/mol. The van der Waals surface area contributed by atoms with Crippen LogP contribution >= 0.6 is 23.2 Å². The molecule has 1 aliphatic rings. The molecule has 0 saturated heterocycles. The molecule has 0 saturated carbocycles. The average Bonchev–Trinajstić information content (AvgIpc) is 2.79. The number of nitrogens with zero attached hydrogens (tertiary/aromatic N) is 2. The second-order valence-corrected chi connectivity index (χ2v) is 9.43. The minimum atomic E-state index is -0.779. The van der Waals surface area contributed by atoms with Crippen LogP contribution in [0.1, 0.15) is 49.8 Å². The van der Waals surface area contributed by atoms with Crippen LogP contribution < -0.4 is 10.6 Å². The van der Waals surface area contributed by atoms with E-state index in [1.807, 2.05) is 0 Å². The number of nitrogens with two attached hydrogens (primary N) is 1. The standard InChI is InChI=1S/C25H31Cl2N3O3/c1-17(24(31)32)12-15-29(23-9-4-7-18-6-2-3-8-20(18)23)13-5-14-30(25(28)33)19-10-11-21(26)22(27)16-19/h2-3,6,8,10-11,16-17,23H,4-5,7,9,12-15H2,1H3,(H2,28,33)(H,31,32). The number of carboxylic acid groups (broad SMARTS) is 1. The molecule has 3 rings (SSSR count). The predicted octanol–water partition coefficient (Wildman–Crippen LogP) is 5.76. The van der Waals surface area contributed by atoms with Crippen LogP contribution in [0.25, 0.3) is 0 Å². The van der Waals surface area contributed by atoms with E-state index in [9.17, 15) is 14.7 Å². The van der Waals surface area contributed by atoms with E-state index in [1.165, 1.54) is 16.0 Å². The number of halogens is 2. The number of rotatable bonds is 10. The van der Waals surface area contributed by atoms with Crippen molar-refractivity contribution in [2.24, 2.45) is 11.7 Å². The van der Waals surface area contributed by atoms with Crippen LogP contribution in [-0.4, -0.2) is 41.6 Å². The van der Waals surface area contributed by atoms with E-state index in [0.717, 1.165) is 25.8 Å². The highest BCUT2D eigenvalue weighted by molar-refractivity contribution is 6.42. The van der Waals surface area contributed by atoms with Crippen LogP contribution in [0.3, 0.4) is 0 Å². The van der Waals surface area contributed by atoms with Crippen LogP contribution in [0.15, 0.2) is 42.5 Å². The van der Waals surface area contributed by atoms with E-state index < -0.39 is 17.9 Å². The number of amides is 2. The minimum Gasteiger partial charge on any atom is -0.481 e. The maximum absolute atomic E-state index is 12.1. The topological polar surface area (TPSA) is 86.9 Å². The maximum Gasteiger partial charge on any atom is 0.319 e. The first-order valence-corrected chi connectivity index (χ1v) is 12.1. The lowest BCUT2D eigenvalue weighted by Gasteiger charge is -2.37. The predicted molar refractivity (Wildman–Crippen MR) is 133 cm³/mol. The van der Waals surface area contributed by atoms with Crippen molar-refractivity contribution in [1.29, 1.82) is 0 Å². The molecule has 0 radical (unpaired) electrons. The van der Waals surface area contributed by atoms with Crippen LogP contribution in [0, 0.1) is 5.92 Å². The molecular formula is C25H31Cl2N3O3. The molecule has 3 N–H and O–H groups in total. The zero-order valence-corrected chi connectivity index (χ0v) is 20.4. The Bertz CT molecular complexity index is 985. The smallest absolute Gasteiger partial charge is 0.319 e. The van der Waals surface area contributed by atoms with E-state index in [1.54, 1.807) is 25.1 Å². The number of hydrogen-bond donors (Lipinski definition) is 2. The summed E-state index contributed by atoms with van der Waals surface area (Å²) in [5.41, 5.74) is 8.93. The molecule has 178 valence electrons. The lowest BCUT2D eigenvalue weighted by Crippen LogP contribution is -2.39. The Hall–Kier alpha value is -2.28. The van der Waals surface area contributed by atoms with E-state index in [0.29, 0.717) is 41.7 Å². The Morgan fingerprint density at radius 1 is 1.12 bits per heavy atom. The number of aryl methyl sites for hydroxylation is 1. The number of carbonyl (C=O) groups excluding carboxylic acids is 1. The van der Waals surface area contributed by atoms with Crippen LogP contribution in [0.2, 0.25) is 10.0 Å². The summed E-state index contributed by atoms with van der Waals surface area (Å²) < 4.78 is 0. The van der Waals surface area contributed by atoms with E-state index >= 15 is 0 Å². The molecule has 0 heterocycles. The van der Waals surface area contributed by atoms with Crippen molar-refractivity contribution in [2.75, 3.05) is 24.5 Å². The molecule has 2 atom stereocenters. The highest BCUT2D eigenvalue weighted by atomic mass is 35.5. The largest absolute Gasteiger partial charge is 0.481 e. The van der Waals surface area contributed by atoms with E-state index in [2.05, 4.69) is 29.2 Å². The number of urea groups is 1. The molecule has 2 amide bonds. The number of anilines is 1. The van der Waals surface area contributed by atoms with Crippen molar-refractivity contribution in [3.8, 4) is 0 Å². The van der Waals surface area contributed by atoms with Gasteiger partial charge in [0.05, 0.1) is 16.0 Å². The number of carboxylic acids is 1. The van der Waals surface area contributed by atoms with Gasteiger partial charge in [0.15, 0.2) is 0 Å². The van der Waals surface area contributed by atoms with Crippen molar-refractivity contribution >= 4 is 40.9 Å². The fourth-order valence-corrected chi connectivity index (χ4v) is 4.76. The van der Waals surface area contributed by atoms with E-state index in [-0.39, 0.29) is 6.04 Å². The van der Waals surface area contributed by atoms with Crippen molar-refractivity contribution < 1.29 is 14.7 Å². The molecule has 0 bridgehead atoms. The Kier molecular flexibility index (Phi) is 9.01. The molecule has 0 fully saturated rings. The van der Waals surface area contributed by atoms with Gasteiger partial charge in [0.1, 0.15) is 0 Å². The minimum absolute atomic E-state index is 0.239. The van der Waals surface area contributed by atoms with Crippen LogP contribution in [-0.2, 0) is 11.2 Å². The van der Waals surface area contributed by atoms with Gasteiger partial charge in [-0.1, -0.05) is 54.4 Å². The first kappa shape index (κ1) is 25.3. The van der Waals surface area contributed by atoms with Crippen molar-refractivity contribution in [3.63, 3.8) is 0 Å². The molecule has 33 heavy (non-hydrogen) atoms. The van der Waals surface area contributed by atoms with Crippen molar-refractivity contribution in [2.45, 2.75) is 45.1 Å². The fourth-order valence-electron chi connectivity index (χ4n) is 4.47. The van der Waals surface area contributed by atoms with Gasteiger partial charge in [0.2, 0.25) is 0 Å². The SMILES string of the molecule is CC(CCN(CCCN(C(N)=O)c1ccc(Cl)c(Cl)c1)C1CCCc2ccccc21)C(=O)O. The summed E-state index contributed by atoms with van der Waals surface area (Å²) in [6.07, 6.45) is 4.45. The van der Waals surface area contributed by atoms with Crippen molar-refractivity contribution in [1.82, 2.24) is 4.90 Å². The molecule has 2 unspecified atom stereocenters. The number of fused-ring (bicyclic) bond motifs is 1. The summed E-state index contributed by atoms with van der Waals surface area (Å²) in [6, 6.07) is 13.2. The highest BCUT2D eigenvalue weighted by Gasteiger charge is 2.27. The highest BCUT2D eigenvalue weighted by Crippen LogP contribution is 2.35. The quantitative estimate of drug-likeness (QED) is 0.442. The van der Waals surface area contributed by atoms with E-state index in [4.69, 9.17) is 28.9 Å². The molecule has 8 heteroatoms. The van der Waals surface area contributed by atoms with Gasteiger partial charge in [-0.05, 0) is 68.0 Å². The monoisotopic (exact) mass is 491 g/mol. The number of primary amides is 1. The molecule has 2 aromatic rings. The van der Waals surface area contributed by atoms with Crippen molar-refractivity contribution in [3.05, 3.63) is 63.6 Å². The number of carbonyl (C=O) groups is 2. The summed E-state index contributed by atoms with van der Waals surface area (Å²) in [6.45, 7) is 3.56. The normalized spacial score (nSPS) is 16.3. The Balaban J connectivity index is 1.73.